The van der Waals surface area contributed by atoms with Crippen molar-refractivity contribution < 1.29 is 9.53 Å². The van der Waals surface area contributed by atoms with Crippen LogP contribution < -0.4 is 15.6 Å². The van der Waals surface area contributed by atoms with E-state index < -0.39 is 5.92 Å². The molecule has 8 heteroatoms. The molecule has 2 N–H and O–H groups in total. The molecule has 1 amide bonds. The van der Waals surface area contributed by atoms with Gasteiger partial charge in [-0.25, -0.2) is 9.67 Å². The molecule has 0 bridgehead atoms. The van der Waals surface area contributed by atoms with Crippen molar-refractivity contribution in [3.05, 3.63) is 74.8 Å². The standard InChI is InChI=1S/C25H29N5O3/c1-14(2)30-23-21(13-27-30)19(11-22(29-23)17-7-6-8-18(10-17)33-5)24(31)26-12-20-15(3)9-16(4)28-25(20)32/h6-10,13-14,19H,11-12H2,1-5H3,(H,26,31)(H,28,32). The average molecular weight is 448 g/mol. The number of amides is 1. The lowest BCUT2D eigenvalue weighted by molar-refractivity contribution is -0.122. The van der Waals surface area contributed by atoms with Gasteiger partial charge < -0.3 is 15.0 Å². The fourth-order valence-corrected chi connectivity index (χ4v) is 4.20. The smallest absolute Gasteiger partial charge is 0.253 e. The van der Waals surface area contributed by atoms with E-state index in [-0.39, 0.29) is 24.1 Å². The molecule has 1 aromatic carbocycles. The number of aromatic nitrogens is 3. The van der Waals surface area contributed by atoms with Crippen molar-refractivity contribution in [3.8, 4) is 5.75 Å². The number of nitrogens with one attached hydrogen (secondary N) is 2. The summed E-state index contributed by atoms with van der Waals surface area (Å²) in [6.45, 7) is 7.94. The maximum Gasteiger partial charge on any atom is 0.253 e. The topological polar surface area (TPSA) is 101 Å². The number of ether oxygens (including phenoxy) is 1. The van der Waals surface area contributed by atoms with Gasteiger partial charge in [-0.2, -0.15) is 5.10 Å². The van der Waals surface area contributed by atoms with Gasteiger partial charge in [0.15, 0.2) is 5.82 Å². The Labute approximate surface area is 192 Å². The Morgan fingerprint density at radius 1 is 1.30 bits per heavy atom. The van der Waals surface area contributed by atoms with Crippen LogP contribution in [0.15, 0.2) is 46.3 Å². The number of aryl methyl sites for hydroxylation is 2. The zero-order valence-corrected chi connectivity index (χ0v) is 19.6. The van der Waals surface area contributed by atoms with Gasteiger partial charge >= 0.3 is 0 Å². The number of methoxy groups -OCH3 is 1. The number of rotatable bonds is 6. The summed E-state index contributed by atoms with van der Waals surface area (Å²) in [5.41, 5.74) is 4.53. The van der Waals surface area contributed by atoms with Crippen molar-refractivity contribution in [2.75, 3.05) is 7.11 Å². The molecule has 1 atom stereocenters. The predicted octanol–water partition coefficient (Wildman–Crippen LogP) is 3.70. The second kappa shape index (κ2) is 9.05. The van der Waals surface area contributed by atoms with E-state index >= 15 is 0 Å². The van der Waals surface area contributed by atoms with E-state index in [1.165, 1.54) is 0 Å². The number of fused-ring (bicyclic) bond motifs is 1. The van der Waals surface area contributed by atoms with E-state index in [4.69, 9.17) is 9.73 Å². The molecule has 4 rings (SSSR count). The molecule has 0 radical (unpaired) electrons. The first-order chi connectivity index (χ1) is 15.8. The molecule has 3 heterocycles. The Morgan fingerprint density at radius 2 is 2.09 bits per heavy atom. The minimum Gasteiger partial charge on any atom is -0.497 e. The van der Waals surface area contributed by atoms with E-state index in [1.54, 1.807) is 13.3 Å². The highest BCUT2D eigenvalue weighted by molar-refractivity contribution is 6.07. The van der Waals surface area contributed by atoms with Crippen molar-refractivity contribution in [1.29, 1.82) is 0 Å². The van der Waals surface area contributed by atoms with Crippen molar-refractivity contribution in [2.24, 2.45) is 4.99 Å². The highest BCUT2D eigenvalue weighted by Crippen LogP contribution is 2.38. The normalized spacial score (nSPS) is 15.2. The van der Waals surface area contributed by atoms with Gasteiger partial charge in [0.05, 0.1) is 24.9 Å². The lowest BCUT2D eigenvalue weighted by Gasteiger charge is -2.23. The molecule has 0 fully saturated rings. The Bertz CT molecular complexity index is 1290. The van der Waals surface area contributed by atoms with Crippen LogP contribution in [0.4, 0.5) is 5.82 Å². The number of carbonyl (C=O) groups is 1. The molecular formula is C25H29N5O3. The number of carbonyl (C=O) groups excluding carboxylic acids is 1. The summed E-state index contributed by atoms with van der Waals surface area (Å²) in [5, 5.41) is 7.47. The molecule has 0 saturated heterocycles. The summed E-state index contributed by atoms with van der Waals surface area (Å²) < 4.78 is 7.21. The first kappa shape index (κ1) is 22.5. The molecule has 1 aliphatic rings. The molecule has 1 aliphatic heterocycles. The van der Waals surface area contributed by atoms with Gasteiger partial charge in [0.2, 0.25) is 5.91 Å². The molecule has 33 heavy (non-hydrogen) atoms. The van der Waals surface area contributed by atoms with Gasteiger partial charge in [0.25, 0.3) is 5.56 Å². The Hall–Kier alpha value is -3.68. The summed E-state index contributed by atoms with van der Waals surface area (Å²) in [4.78, 5) is 33.4. The molecule has 8 nitrogen and oxygen atoms in total. The Balaban J connectivity index is 1.66. The van der Waals surface area contributed by atoms with Crippen LogP contribution in [0, 0.1) is 13.8 Å². The first-order valence-electron chi connectivity index (χ1n) is 11.0. The third-order valence-electron chi connectivity index (χ3n) is 5.95. The van der Waals surface area contributed by atoms with Crippen molar-refractivity contribution in [1.82, 2.24) is 20.1 Å². The van der Waals surface area contributed by atoms with E-state index in [0.717, 1.165) is 33.8 Å². The number of pyridine rings is 1. The van der Waals surface area contributed by atoms with Crippen LogP contribution in [-0.2, 0) is 11.3 Å². The molecule has 0 saturated carbocycles. The lowest BCUT2D eigenvalue weighted by atomic mass is 9.89. The zero-order valence-electron chi connectivity index (χ0n) is 19.6. The van der Waals surface area contributed by atoms with E-state index in [9.17, 15) is 9.59 Å². The van der Waals surface area contributed by atoms with Gasteiger partial charge in [0.1, 0.15) is 5.75 Å². The number of hydrogen-bond acceptors (Lipinski definition) is 5. The Morgan fingerprint density at radius 3 is 2.79 bits per heavy atom. The van der Waals surface area contributed by atoms with Crippen LogP contribution >= 0.6 is 0 Å². The van der Waals surface area contributed by atoms with Gasteiger partial charge in [-0.05, 0) is 57.0 Å². The van der Waals surface area contributed by atoms with Gasteiger partial charge in [0, 0.05) is 35.8 Å². The van der Waals surface area contributed by atoms with E-state index in [0.29, 0.717) is 17.8 Å². The van der Waals surface area contributed by atoms with Crippen molar-refractivity contribution >= 4 is 17.4 Å². The summed E-state index contributed by atoms with van der Waals surface area (Å²) in [5.74, 6) is 0.803. The predicted molar refractivity (Wildman–Crippen MR) is 128 cm³/mol. The van der Waals surface area contributed by atoms with E-state index in [2.05, 4.69) is 15.4 Å². The maximum atomic E-state index is 13.4. The summed E-state index contributed by atoms with van der Waals surface area (Å²) in [7, 11) is 1.62. The lowest BCUT2D eigenvalue weighted by Crippen LogP contribution is -2.33. The van der Waals surface area contributed by atoms with Crippen molar-refractivity contribution in [2.45, 2.75) is 52.6 Å². The monoisotopic (exact) mass is 447 g/mol. The maximum absolute atomic E-state index is 13.4. The zero-order chi connectivity index (χ0) is 23.7. The number of H-pyrrole nitrogens is 1. The van der Waals surface area contributed by atoms with Crippen LogP contribution in [0.1, 0.15) is 60.2 Å². The van der Waals surface area contributed by atoms with Crippen LogP contribution in [0.3, 0.4) is 0 Å². The van der Waals surface area contributed by atoms with Gasteiger partial charge in [-0.3, -0.25) is 9.59 Å². The minimum absolute atomic E-state index is 0.0969. The molecule has 0 aliphatic carbocycles. The molecule has 3 aromatic rings. The summed E-state index contributed by atoms with van der Waals surface area (Å²) in [6.07, 6.45) is 2.16. The molecule has 172 valence electrons. The molecule has 0 spiro atoms. The summed E-state index contributed by atoms with van der Waals surface area (Å²) >= 11 is 0. The first-order valence-corrected chi connectivity index (χ1v) is 11.0. The van der Waals surface area contributed by atoms with Crippen LogP contribution in [0.5, 0.6) is 5.75 Å². The fourth-order valence-electron chi connectivity index (χ4n) is 4.20. The average Bonchev–Trinajstić information content (AvgIpc) is 3.22. The number of nitrogens with zero attached hydrogens (tertiary/aromatic N) is 3. The van der Waals surface area contributed by atoms with Gasteiger partial charge in [-0.1, -0.05) is 12.1 Å². The largest absolute Gasteiger partial charge is 0.497 e. The third kappa shape index (κ3) is 4.46. The number of hydrogen-bond donors (Lipinski definition) is 2. The van der Waals surface area contributed by atoms with Crippen LogP contribution in [0.2, 0.25) is 0 Å². The third-order valence-corrected chi connectivity index (χ3v) is 5.95. The van der Waals surface area contributed by atoms with Gasteiger partial charge in [-0.15, -0.1) is 0 Å². The molecule has 2 aromatic heterocycles. The summed E-state index contributed by atoms with van der Waals surface area (Å²) in [6, 6.07) is 9.67. The number of benzene rings is 1. The molecule has 1 unspecified atom stereocenters. The quantitative estimate of drug-likeness (QED) is 0.602. The second-order valence-corrected chi connectivity index (χ2v) is 8.67. The highest BCUT2D eigenvalue weighted by atomic mass is 16.5. The van der Waals surface area contributed by atoms with E-state index in [1.807, 2.05) is 62.7 Å². The SMILES string of the molecule is COc1cccc(C2=Nc3c(cnn3C(C)C)C(C(=O)NCc3c(C)cc(C)[nH]c3=O)C2)c1. The second-order valence-electron chi connectivity index (χ2n) is 8.67. The highest BCUT2D eigenvalue weighted by Gasteiger charge is 2.32. The minimum atomic E-state index is -0.462. The molecular weight excluding hydrogens is 418 g/mol. The van der Waals surface area contributed by atoms with Crippen LogP contribution in [0.25, 0.3) is 0 Å². The fraction of sp³-hybridized carbons (Fsp3) is 0.360. The Kier molecular flexibility index (Phi) is 6.18. The number of aliphatic imine (C=N–C) groups is 1. The number of aromatic amines is 1. The van der Waals surface area contributed by atoms with Crippen molar-refractivity contribution in [3.63, 3.8) is 0 Å². The van der Waals surface area contributed by atoms with Crippen LogP contribution in [-0.4, -0.2) is 33.5 Å².